The lowest BCUT2D eigenvalue weighted by molar-refractivity contribution is -0.115. The summed E-state index contributed by atoms with van der Waals surface area (Å²) in [5.74, 6) is -0.273. The molecule has 0 atom stereocenters. The Morgan fingerprint density at radius 3 is 1.42 bits per heavy atom. The number of halogens is 2. The van der Waals surface area contributed by atoms with Gasteiger partial charge in [-0.1, -0.05) is 75.9 Å². The summed E-state index contributed by atoms with van der Waals surface area (Å²) in [6, 6.07) is 8.16. The van der Waals surface area contributed by atoms with Gasteiger partial charge < -0.3 is 10.6 Å². The minimum Gasteiger partial charge on any atom is -0.325 e. The van der Waals surface area contributed by atoms with Crippen molar-refractivity contribution in [3.05, 3.63) is 56.6 Å². The van der Waals surface area contributed by atoms with Crippen LogP contribution in [0.5, 0.6) is 0 Å². The van der Waals surface area contributed by atoms with E-state index in [4.69, 9.17) is 23.2 Å². The molecule has 0 aliphatic heterocycles. The second-order valence-electron chi connectivity index (χ2n) is 9.18. The first-order valence-corrected chi connectivity index (χ1v) is 12.5. The van der Waals surface area contributed by atoms with Crippen LogP contribution in [0.2, 0.25) is 10.0 Å². The van der Waals surface area contributed by atoms with E-state index in [9.17, 15) is 9.59 Å². The minimum absolute atomic E-state index is 0.137. The summed E-state index contributed by atoms with van der Waals surface area (Å²) in [4.78, 5) is 23.5. The zero-order chi connectivity index (χ0) is 24.8. The molecule has 0 aliphatic rings. The molecule has 0 fully saturated rings. The molecule has 0 saturated carbocycles. The van der Waals surface area contributed by atoms with Crippen LogP contribution in [0.25, 0.3) is 0 Å². The Balaban J connectivity index is 2.61. The Morgan fingerprint density at radius 2 is 1.12 bits per heavy atom. The Morgan fingerprint density at radius 1 is 0.758 bits per heavy atom. The Kier molecular flexibility index (Phi) is 9.81. The molecule has 2 N–H and O–H groups in total. The maximum absolute atomic E-state index is 11.7. The van der Waals surface area contributed by atoms with Crippen molar-refractivity contribution in [3.8, 4) is 0 Å². The van der Waals surface area contributed by atoms with Crippen LogP contribution in [0.1, 0.15) is 89.5 Å². The van der Waals surface area contributed by atoms with E-state index in [0.717, 1.165) is 60.8 Å². The van der Waals surface area contributed by atoms with E-state index in [0.29, 0.717) is 21.4 Å². The molecule has 2 rings (SSSR count). The molecule has 0 spiro atoms. The summed E-state index contributed by atoms with van der Waals surface area (Å²) in [7, 11) is 0. The molecule has 6 heteroatoms. The van der Waals surface area contributed by atoms with Gasteiger partial charge in [0.15, 0.2) is 0 Å². The van der Waals surface area contributed by atoms with Gasteiger partial charge in [0.05, 0.1) is 21.4 Å². The van der Waals surface area contributed by atoms with Gasteiger partial charge in [-0.25, -0.2) is 0 Å². The number of carbonyl (C=O) groups is 2. The standard InChI is InChI=1S/C27H36Cl2N2O2/c1-7-9-11-19-13-21(15-23(28)25(19)30-17(3)32)27(5,6)22-14-20(12-10-8-2)26(24(29)16-22)31-18(4)33/h13-16H,7-12H2,1-6H3,(H,30,32)(H,31,33). The number of anilines is 2. The van der Waals surface area contributed by atoms with Gasteiger partial charge in [0.2, 0.25) is 11.8 Å². The molecule has 180 valence electrons. The van der Waals surface area contributed by atoms with Gasteiger partial charge in [-0.3, -0.25) is 9.59 Å². The number of amides is 2. The average molecular weight is 492 g/mol. The number of rotatable bonds is 10. The molecule has 0 unspecified atom stereocenters. The molecule has 2 aromatic rings. The van der Waals surface area contributed by atoms with Crippen molar-refractivity contribution in [1.82, 2.24) is 0 Å². The van der Waals surface area contributed by atoms with Crippen LogP contribution in [-0.2, 0) is 27.8 Å². The highest BCUT2D eigenvalue weighted by Crippen LogP contribution is 2.41. The quantitative estimate of drug-likeness (QED) is 0.355. The van der Waals surface area contributed by atoms with Crippen LogP contribution in [0.15, 0.2) is 24.3 Å². The predicted octanol–water partition coefficient (Wildman–Crippen LogP) is 7.92. The van der Waals surface area contributed by atoms with Crippen molar-refractivity contribution in [2.75, 3.05) is 10.6 Å². The molecule has 0 aliphatic carbocycles. The highest BCUT2D eigenvalue weighted by Gasteiger charge is 2.27. The van der Waals surface area contributed by atoms with Crippen molar-refractivity contribution < 1.29 is 9.59 Å². The van der Waals surface area contributed by atoms with Crippen molar-refractivity contribution in [3.63, 3.8) is 0 Å². The van der Waals surface area contributed by atoms with E-state index in [1.807, 2.05) is 12.1 Å². The second-order valence-corrected chi connectivity index (χ2v) is 9.99. The number of hydrogen-bond donors (Lipinski definition) is 2. The molecule has 2 amide bonds. The van der Waals surface area contributed by atoms with Gasteiger partial charge in [0, 0.05) is 19.3 Å². The van der Waals surface area contributed by atoms with Crippen molar-refractivity contribution in [2.45, 2.75) is 85.5 Å². The van der Waals surface area contributed by atoms with Crippen LogP contribution >= 0.6 is 23.2 Å². The number of hydrogen-bond acceptors (Lipinski definition) is 2. The van der Waals surface area contributed by atoms with Crippen LogP contribution in [0.4, 0.5) is 11.4 Å². The molecule has 0 radical (unpaired) electrons. The van der Waals surface area contributed by atoms with Gasteiger partial charge in [-0.05, 0) is 60.1 Å². The van der Waals surface area contributed by atoms with E-state index in [2.05, 4.69) is 50.5 Å². The topological polar surface area (TPSA) is 58.2 Å². The van der Waals surface area contributed by atoms with Crippen LogP contribution in [0.3, 0.4) is 0 Å². The largest absolute Gasteiger partial charge is 0.325 e. The Bertz CT molecular complexity index is 936. The molecular weight excluding hydrogens is 455 g/mol. The number of aryl methyl sites for hydroxylation is 2. The monoisotopic (exact) mass is 490 g/mol. The Hall–Kier alpha value is -2.04. The predicted molar refractivity (Wildman–Crippen MR) is 141 cm³/mol. The molecule has 33 heavy (non-hydrogen) atoms. The molecule has 0 saturated heterocycles. The summed E-state index contributed by atoms with van der Waals surface area (Å²) in [5, 5.41) is 6.88. The van der Waals surface area contributed by atoms with Crippen LogP contribution in [0, 0.1) is 0 Å². The third kappa shape index (κ3) is 6.97. The minimum atomic E-state index is -0.390. The summed E-state index contributed by atoms with van der Waals surface area (Å²) in [5.41, 5.74) is 5.18. The molecule has 0 bridgehead atoms. The van der Waals surface area contributed by atoms with Gasteiger partial charge in [0.1, 0.15) is 0 Å². The van der Waals surface area contributed by atoms with Gasteiger partial charge in [-0.15, -0.1) is 0 Å². The number of carbonyl (C=O) groups excluding carboxylic acids is 2. The van der Waals surface area contributed by atoms with Crippen molar-refractivity contribution >= 4 is 46.4 Å². The van der Waals surface area contributed by atoms with Gasteiger partial charge >= 0.3 is 0 Å². The summed E-state index contributed by atoms with van der Waals surface area (Å²) in [6.45, 7) is 11.6. The zero-order valence-corrected chi connectivity index (χ0v) is 22.1. The number of unbranched alkanes of at least 4 members (excludes halogenated alkanes) is 2. The maximum atomic E-state index is 11.7. The maximum Gasteiger partial charge on any atom is 0.221 e. The SMILES string of the molecule is CCCCc1cc(C(C)(C)c2cc(Cl)c(NC(C)=O)c(CCCC)c2)cc(Cl)c1NC(C)=O. The van der Waals surface area contributed by atoms with Crippen LogP contribution in [-0.4, -0.2) is 11.8 Å². The number of nitrogens with one attached hydrogen (secondary N) is 2. The summed E-state index contributed by atoms with van der Waals surface area (Å²) >= 11 is 13.4. The fourth-order valence-electron chi connectivity index (χ4n) is 3.98. The first-order valence-electron chi connectivity index (χ1n) is 11.7. The molecule has 4 nitrogen and oxygen atoms in total. The first-order chi connectivity index (χ1) is 15.5. The lowest BCUT2D eigenvalue weighted by atomic mass is 9.76. The fraction of sp³-hybridized carbons (Fsp3) is 0.481. The van der Waals surface area contributed by atoms with Gasteiger partial charge in [-0.2, -0.15) is 0 Å². The van der Waals surface area contributed by atoms with E-state index in [1.165, 1.54) is 13.8 Å². The summed E-state index contributed by atoms with van der Waals surface area (Å²) in [6.07, 6.45) is 5.77. The second kappa shape index (κ2) is 11.9. The van der Waals surface area contributed by atoms with E-state index in [1.54, 1.807) is 0 Å². The third-order valence-electron chi connectivity index (χ3n) is 5.99. The average Bonchev–Trinajstić information content (AvgIpc) is 2.73. The highest BCUT2D eigenvalue weighted by atomic mass is 35.5. The van der Waals surface area contributed by atoms with E-state index < -0.39 is 5.41 Å². The Labute approximate surface area is 208 Å². The molecular formula is C27H36Cl2N2O2. The summed E-state index contributed by atoms with van der Waals surface area (Å²) < 4.78 is 0. The van der Waals surface area contributed by atoms with E-state index >= 15 is 0 Å². The molecule has 0 heterocycles. The van der Waals surface area contributed by atoms with E-state index in [-0.39, 0.29) is 11.8 Å². The first kappa shape index (κ1) is 27.2. The fourth-order valence-corrected chi connectivity index (χ4v) is 4.55. The van der Waals surface area contributed by atoms with Crippen molar-refractivity contribution in [2.24, 2.45) is 0 Å². The lowest BCUT2D eigenvalue weighted by Gasteiger charge is -2.29. The third-order valence-corrected chi connectivity index (χ3v) is 6.58. The smallest absolute Gasteiger partial charge is 0.221 e. The molecule has 0 aromatic heterocycles. The normalized spacial score (nSPS) is 11.4. The van der Waals surface area contributed by atoms with Crippen LogP contribution < -0.4 is 10.6 Å². The highest BCUT2D eigenvalue weighted by molar-refractivity contribution is 6.34. The molecule has 2 aromatic carbocycles. The zero-order valence-electron chi connectivity index (χ0n) is 20.6. The lowest BCUT2D eigenvalue weighted by Crippen LogP contribution is -2.21. The van der Waals surface area contributed by atoms with Crippen molar-refractivity contribution in [1.29, 1.82) is 0 Å². The van der Waals surface area contributed by atoms with Gasteiger partial charge in [0.25, 0.3) is 0 Å². The number of benzene rings is 2.